The van der Waals surface area contributed by atoms with Crippen molar-refractivity contribution in [2.45, 2.75) is 32.4 Å². The Morgan fingerprint density at radius 3 is 1.04 bits per heavy atom. The average Bonchev–Trinajstić information content (AvgIpc) is 3.18. The Hall–Kier alpha value is -5.48. The number of benzene rings is 6. The Morgan fingerprint density at radius 2 is 0.731 bits per heavy atom. The minimum Gasteiger partial charge on any atom is -0.298 e. The number of rotatable bonds is 14. The van der Waals surface area contributed by atoms with Gasteiger partial charge in [-0.2, -0.15) is 0 Å². The number of hydrogen-bond donors (Lipinski definition) is 2. The van der Waals surface area contributed by atoms with E-state index in [9.17, 15) is 0 Å². The van der Waals surface area contributed by atoms with E-state index in [0.29, 0.717) is 21.9 Å². The molecule has 6 aromatic carbocycles. The maximum absolute atomic E-state index is 15.2. The molecule has 0 amide bonds. The topological polar surface area (TPSA) is 92.3 Å². The molecule has 260 valence electrons. The minimum atomic E-state index is -4.22. The first-order chi connectivity index (χ1) is 25.3. The summed E-state index contributed by atoms with van der Waals surface area (Å²) in [6.45, 7) is 0.265. The molecular formula is C44H38N2O4S2. The molecule has 4 atom stereocenters. The highest BCUT2D eigenvalue weighted by atomic mass is 32.2. The van der Waals surface area contributed by atoms with E-state index in [2.05, 4.69) is 22.5 Å². The highest BCUT2D eigenvalue weighted by Crippen LogP contribution is 2.45. The lowest BCUT2D eigenvalue weighted by Crippen LogP contribution is -2.32. The summed E-state index contributed by atoms with van der Waals surface area (Å²) in [5.74, 6) is 5.18. The molecule has 6 nitrogen and oxygen atoms in total. The molecule has 6 rings (SSSR count). The molecule has 0 spiro atoms. The fourth-order valence-corrected chi connectivity index (χ4v) is 11.2. The predicted molar refractivity (Wildman–Crippen MR) is 209 cm³/mol. The van der Waals surface area contributed by atoms with Crippen molar-refractivity contribution in [2.75, 3.05) is 13.1 Å². The SMILES string of the molecule is C#CCN[C@H](c1ccccc1)[C@@H](c1ccccc1)S(=O)(=O)c1cccc2c(S(=O)(=O)[C@H](c3ccccc3)[C@H](NCC#C)c3ccccc3)cccc12. The van der Waals surface area contributed by atoms with E-state index >= 15 is 16.8 Å². The zero-order chi connectivity index (χ0) is 36.6. The van der Waals surface area contributed by atoms with Crippen molar-refractivity contribution in [3.63, 3.8) is 0 Å². The molecule has 0 heterocycles. The van der Waals surface area contributed by atoms with Crippen LogP contribution in [0.25, 0.3) is 10.8 Å². The number of hydrogen-bond acceptors (Lipinski definition) is 6. The van der Waals surface area contributed by atoms with Gasteiger partial charge in [0, 0.05) is 10.8 Å². The van der Waals surface area contributed by atoms with Gasteiger partial charge < -0.3 is 0 Å². The van der Waals surface area contributed by atoms with Crippen LogP contribution in [0, 0.1) is 24.7 Å². The second-order valence-corrected chi connectivity index (χ2v) is 16.4. The van der Waals surface area contributed by atoms with Gasteiger partial charge in [0.05, 0.1) is 35.0 Å². The summed E-state index contributed by atoms with van der Waals surface area (Å²) in [5, 5.41) is 4.96. The Bertz CT molecular complexity index is 2250. The molecule has 52 heavy (non-hydrogen) atoms. The summed E-state index contributed by atoms with van der Waals surface area (Å²) in [4.78, 5) is 0.0290. The van der Waals surface area contributed by atoms with E-state index < -0.39 is 42.3 Å². The maximum Gasteiger partial charge on any atom is 0.187 e. The van der Waals surface area contributed by atoms with Gasteiger partial charge in [-0.05, 0) is 34.4 Å². The van der Waals surface area contributed by atoms with Crippen molar-refractivity contribution in [2.24, 2.45) is 0 Å². The second kappa shape index (κ2) is 16.2. The van der Waals surface area contributed by atoms with Gasteiger partial charge in [-0.15, -0.1) is 12.8 Å². The molecule has 0 aromatic heterocycles. The minimum absolute atomic E-state index is 0.0145. The summed E-state index contributed by atoms with van der Waals surface area (Å²) in [5.41, 5.74) is 2.62. The zero-order valence-corrected chi connectivity index (χ0v) is 30.0. The summed E-state index contributed by atoms with van der Waals surface area (Å²) in [6.07, 6.45) is 11.3. The van der Waals surface area contributed by atoms with Crippen LogP contribution in [0.4, 0.5) is 0 Å². The molecule has 0 unspecified atom stereocenters. The Morgan fingerprint density at radius 1 is 0.423 bits per heavy atom. The lowest BCUT2D eigenvalue weighted by Gasteiger charge is -2.30. The third kappa shape index (κ3) is 7.43. The van der Waals surface area contributed by atoms with Crippen molar-refractivity contribution in [3.8, 4) is 24.7 Å². The van der Waals surface area contributed by atoms with Gasteiger partial charge in [-0.3, -0.25) is 10.6 Å². The van der Waals surface area contributed by atoms with E-state index in [-0.39, 0.29) is 22.9 Å². The molecule has 2 N–H and O–H groups in total. The molecule has 0 saturated heterocycles. The van der Waals surface area contributed by atoms with Gasteiger partial charge in [-0.25, -0.2) is 16.8 Å². The van der Waals surface area contributed by atoms with E-state index in [1.54, 1.807) is 84.9 Å². The van der Waals surface area contributed by atoms with E-state index in [1.165, 1.54) is 0 Å². The van der Waals surface area contributed by atoms with Crippen molar-refractivity contribution in [1.29, 1.82) is 0 Å². The van der Waals surface area contributed by atoms with Crippen LogP contribution in [-0.2, 0) is 19.7 Å². The Labute approximate surface area is 306 Å². The van der Waals surface area contributed by atoms with Crippen molar-refractivity contribution in [1.82, 2.24) is 10.6 Å². The van der Waals surface area contributed by atoms with Gasteiger partial charge in [0.25, 0.3) is 0 Å². The third-order valence-electron chi connectivity index (χ3n) is 9.15. The third-order valence-corrected chi connectivity index (χ3v) is 13.5. The van der Waals surface area contributed by atoms with Gasteiger partial charge in [0.2, 0.25) is 0 Å². The monoisotopic (exact) mass is 722 g/mol. The molecule has 0 radical (unpaired) electrons. The normalized spacial score (nSPS) is 14.0. The number of fused-ring (bicyclic) bond motifs is 1. The van der Waals surface area contributed by atoms with Crippen LogP contribution in [0.3, 0.4) is 0 Å². The zero-order valence-electron chi connectivity index (χ0n) is 28.3. The van der Waals surface area contributed by atoms with E-state index in [0.717, 1.165) is 11.1 Å². The van der Waals surface area contributed by atoms with Crippen molar-refractivity contribution < 1.29 is 16.8 Å². The predicted octanol–water partition coefficient (Wildman–Crippen LogP) is 7.80. The van der Waals surface area contributed by atoms with Gasteiger partial charge in [0.15, 0.2) is 19.7 Å². The average molecular weight is 723 g/mol. The van der Waals surface area contributed by atoms with Crippen molar-refractivity contribution >= 4 is 30.4 Å². The number of sulfone groups is 2. The fraction of sp³-hybridized carbons (Fsp3) is 0.136. The maximum atomic E-state index is 15.2. The summed E-state index contributed by atoms with van der Waals surface area (Å²) in [7, 11) is -8.45. The fourth-order valence-electron chi connectivity index (χ4n) is 6.87. The molecule has 0 saturated carbocycles. The molecule has 0 aliphatic carbocycles. The van der Waals surface area contributed by atoms with Gasteiger partial charge in [0.1, 0.15) is 10.5 Å². The van der Waals surface area contributed by atoms with Gasteiger partial charge >= 0.3 is 0 Å². The number of terminal acetylenes is 2. The van der Waals surface area contributed by atoms with Crippen molar-refractivity contribution in [3.05, 3.63) is 180 Å². The van der Waals surface area contributed by atoms with Crippen LogP contribution in [0.2, 0.25) is 0 Å². The smallest absolute Gasteiger partial charge is 0.187 e. The first kappa shape index (κ1) is 36.3. The highest BCUT2D eigenvalue weighted by Gasteiger charge is 2.40. The standard InChI is InChI=1S/C44H38N2O4S2/c1-3-31-45-41(33-19-9-5-10-20-33)43(35-23-13-7-14-24-35)51(47,48)39-29-17-28-38-37(39)27-18-30-40(38)52(49,50)44(36-25-15-8-16-26-36)42(46-32-4-2)34-21-11-6-12-22-34/h1-2,5-30,41-46H,31-32H2/t41-,42-,43-,44-/m1/s1. The van der Waals surface area contributed by atoms with Gasteiger partial charge in [-0.1, -0.05) is 157 Å². The van der Waals surface area contributed by atoms with E-state index in [4.69, 9.17) is 12.8 Å². The summed E-state index contributed by atoms with van der Waals surface area (Å²) >= 11 is 0. The second-order valence-electron chi connectivity index (χ2n) is 12.3. The Kier molecular flexibility index (Phi) is 11.3. The first-order valence-corrected chi connectivity index (χ1v) is 19.9. The molecule has 8 heteroatoms. The first-order valence-electron chi connectivity index (χ1n) is 16.8. The lowest BCUT2D eigenvalue weighted by molar-refractivity contribution is 0.513. The van der Waals surface area contributed by atoms with Crippen LogP contribution in [0.1, 0.15) is 44.8 Å². The molecule has 0 bridgehead atoms. The van der Waals surface area contributed by atoms with Crippen LogP contribution in [0.5, 0.6) is 0 Å². The lowest BCUT2D eigenvalue weighted by atomic mass is 9.98. The van der Waals surface area contributed by atoms with Crippen LogP contribution < -0.4 is 10.6 Å². The largest absolute Gasteiger partial charge is 0.298 e. The molecule has 0 aliphatic heterocycles. The van der Waals surface area contributed by atoms with Crippen LogP contribution in [-0.4, -0.2) is 29.9 Å². The Balaban J connectivity index is 1.56. The molecule has 0 aliphatic rings. The quantitative estimate of drug-likeness (QED) is 0.112. The van der Waals surface area contributed by atoms with Crippen LogP contribution >= 0.6 is 0 Å². The summed E-state index contributed by atoms with van der Waals surface area (Å²) in [6, 6.07) is 44.8. The molecule has 6 aromatic rings. The van der Waals surface area contributed by atoms with E-state index in [1.807, 2.05) is 72.8 Å². The summed E-state index contributed by atoms with van der Waals surface area (Å²) < 4.78 is 60.7. The number of nitrogens with one attached hydrogen (secondary N) is 2. The van der Waals surface area contributed by atoms with Crippen LogP contribution in [0.15, 0.2) is 168 Å². The molecule has 0 fully saturated rings. The molecular weight excluding hydrogens is 685 g/mol. The highest BCUT2D eigenvalue weighted by molar-refractivity contribution is 7.92.